The summed E-state index contributed by atoms with van der Waals surface area (Å²) in [7, 11) is 0. The van der Waals surface area contributed by atoms with Gasteiger partial charge in [0.25, 0.3) is 23.1 Å². The summed E-state index contributed by atoms with van der Waals surface area (Å²) in [5, 5.41) is 11.4. The van der Waals surface area contributed by atoms with Crippen LogP contribution in [-0.4, -0.2) is 15.1 Å². The molecule has 2 aliphatic heterocycles. The van der Waals surface area contributed by atoms with Gasteiger partial charge in [-0.3, -0.25) is 0 Å². The highest BCUT2D eigenvalue weighted by Gasteiger charge is 2.45. The summed E-state index contributed by atoms with van der Waals surface area (Å²) in [6.07, 6.45) is 0.0447. The fourth-order valence-corrected chi connectivity index (χ4v) is 9.77. The van der Waals surface area contributed by atoms with Gasteiger partial charge in [0.1, 0.15) is 21.9 Å². The van der Waals surface area contributed by atoms with Gasteiger partial charge in [0.05, 0.1) is 11.1 Å². The number of nitrogens with one attached hydrogen (secondary N) is 1. The minimum absolute atomic E-state index is 0.0447. The molecule has 1 aliphatic carbocycles. The molecular weight excluding hydrogens is 681 g/mol. The Hall–Kier alpha value is -7.04. The number of benzene rings is 8. The van der Waals surface area contributed by atoms with Crippen LogP contribution in [0.1, 0.15) is 47.8 Å². The summed E-state index contributed by atoms with van der Waals surface area (Å²) in [6, 6.07) is 66.7. The number of hydrogen-bond acceptors (Lipinski definition) is 1. The number of amidine groups is 1. The van der Waals surface area contributed by atoms with E-state index in [0.29, 0.717) is 0 Å². The van der Waals surface area contributed by atoms with E-state index in [1.807, 2.05) is 0 Å². The molecule has 3 aliphatic rings. The maximum absolute atomic E-state index is 3.77. The smallest absolute Gasteiger partial charge is 0.229 e. The van der Waals surface area contributed by atoms with Gasteiger partial charge in [-0.05, 0) is 70.1 Å². The molecule has 1 N–H and O–H groups in total. The first-order chi connectivity index (χ1) is 27.6. The molecule has 0 bridgehead atoms. The molecule has 1 atom stereocenters. The van der Waals surface area contributed by atoms with Crippen LogP contribution in [0.3, 0.4) is 0 Å². The second kappa shape index (κ2) is 11.5. The minimum atomic E-state index is -0.0820. The fraction of sp³-hybridized carbons (Fsp3) is 0.0769. The Bertz CT molecular complexity index is 3300. The average molecular weight is 719 g/mol. The van der Waals surface area contributed by atoms with Crippen molar-refractivity contribution in [1.82, 2.24) is 14.7 Å². The van der Waals surface area contributed by atoms with Crippen LogP contribution < -0.4 is 20.6 Å². The molecule has 9 aromatic rings. The molecule has 56 heavy (non-hydrogen) atoms. The van der Waals surface area contributed by atoms with Crippen molar-refractivity contribution in [3.05, 3.63) is 220 Å². The van der Waals surface area contributed by atoms with Gasteiger partial charge < -0.3 is 0 Å². The predicted molar refractivity (Wildman–Crippen MR) is 229 cm³/mol. The van der Waals surface area contributed by atoms with E-state index in [1.54, 1.807) is 0 Å². The van der Waals surface area contributed by atoms with Gasteiger partial charge in [0.2, 0.25) is 0 Å². The Morgan fingerprint density at radius 3 is 2.14 bits per heavy atom. The first kappa shape index (κ1) is 31.3. The number of fused-ring (bicyclic) bond motifs is 7. The van der Waals surface area contributed by atoms with Crippen molar-refractivity contribution in [1.29, 1.82) is 0 Å². The van der Waals surface area contributed by atoms with Crippen LogP contribution in [0.5, 0.6) is 0 Å². The highest BCUT2D eigenvalue weighted by atomic mass is 15.5. The second-order valence-electron chi connectivity index (χ2n) is 15.8. The molecular formula is C52H38N4+2. The van der Waals surface area contributed by atoms with Gasteiger partial charge in [-0.25, -0.2) is 5.32 Å². The molecule has 3 heterocycles. The predicted octanol–water partition coefficient (Wildman–Crippen LogP) is 9.77. The van der Waals surface area contributed by atoms with Gasteiger partial charge in [0, 0.05) is 33.2 Å². The summed E-state index contributed by atoms with van der Waals surface area (Å²) < 4.78 is 7.42. The normalized spacial score (nSPS) is 16.4. The molecule has 0 amide bonds. The molecule has 0 fully saturated rings. The maximum atomic E-state index is 3.77. The van der Waals surface area contributed by atoms with Crippen molar-refractivity contribution in [3.8, 4) is 11.1 Å². The maximum Gasteiger partial charge on any atom is 0.289 e. The molecule has 0 spiro atoms. The van der Waals surface area contributed by atoms with E-state index in [-0.39, 0.29) is 11.6 Å². The first-order valence-electron chi connectivity index (χ1n) is 19.6. The van der Waals surface area contributed by atoms with E-state index in [2.05, 4.69) is 215 Å². The third kappa shape index (κ3) is 4.24. The molecule has 264 valence electrons. The number of aromatic nitrogens is 1. The first-order valence-corrected chi connectivity index (χ1v) is 19.6. The van der Waals surface area contributed by atoms with Gasteiger partial charge in [0.15, 0.2) is 0 Å². The van der Waals surface area contributed by atoms with Crippen molar-refractivity contribution < 1.29 is 4.58 Å². The molecule has 8 aromatic carbocycles. The summed E-state index contributed by atoms with van der Waals surface area (Å²) >= 11 is 0. The summed E-state index contributed by atoms with van der Waals surface area (Å²) in [5.41, 5.74) is 13.7. The molecule has 0 radical (unpaired) electrons. The zero-order valence-corrected chi connectivity index (χ0v) is 31.2. The lowest BCUT2D eigenvalue weighted by Gasteiger charge is -2.34. The topological polar surface area (TPSA) is 23.0 Å². The summed E-state index contributed by atoms with van der Waals surface area (Å²) in [5.74, 6) is 1.12. The Morgan fingerprint density at radius 1 is 0.554 bits per heavy atom. The van der Waals surface area contributed by atoms with Crippen molar-refractivity contribution in [2.45, 2.75) is 25.4 Å². The minimum Gasteiger partial charge on any atom is -0.229 e. The number of hydrogen-bond donors (Lipinski definition) is 1. The monoisotopic (exact) mass is 718 g/mol. The Balaban J connectivity index is 1.08. The third-order valence-electron chi connectivity index (χ3n) is 12.5. The van der Waals surface area contributed by atoms with Crippen molar-refractivity contribution in [3.63, 3.8) is 0 Å². The summed E-state index contributed by atoms with van der Waals surface area (Å²) in [4.78, 5) is 0. The Morgan fingerprint density at radius 2 is 1.27 bits per heavy atom. The summed E-state index contributed by atoms with van der Waals surface area (Å²) in [6.45, 7) is 4.73. The van der Waals surface area contributed by atoms with Gasteiger partial charge in [-0.2, -0.15) is 4.58 Å². The average Bonchev–Trinajstić information content (AvgIpc) is 3.55. The van der Waals surface area contributed by atoms with Crippen LogP contribution >= 0.6 is 0 Å². The van der Waals surface area contributed by atoms with Crippen molar-refractivity contribution in [2.24, 2.45) is 0 Å². The van der Waals surface area contributed by atoms with Gasteiger partial charge in [-0.15, -0.1) is 4.68 Å². The molecule has 1 unspecified atom stereocenters. The lowest BCUT2D eigenvalue weighted by Crippen LogP contribution is -2.59. The zero-order chi connectivity index (χ0) is 37.1. The fourth-order valence-electron chi connectivity index (χ4n) is 9.77. The van der Waals surface area contributed by atoms with Crippen LogP contribution in [0.15, 0.2) is 182 Å². The Kier molecular flexibility index (Phi) is 6.42. The van der Waals surface area contributed by atoms with E-state index in [0.717, 1.165) is 11.5 Å². The van der Waals surface area contributed by atoms with Crippen LogP contribution in [0.4, 0.5) is 5.69 Å². The number of rotatable bonds is 5. The van der Waals surface area contributed by atoms with E-state index in [9.17, 15) is 0 Å². The second-order valence-corrected chi connectivity index (χ2v) is 15.8. The van der Waals surface area contributed by atoms with E-state index in [1.165, 1.54) is 87.8 Å². The van der Waals surface area contributed by atoms with Gasteiger partial charge >= 0.3 is 0 Å². The SMILES string of the molecule is CC1(C)c2ccccc2C2=c3c1cccc3=[N+]2n1c2ccc(-c3cccc([N+]4=C(c5ccccc5)NC4c4ccccc4)c3)cc2c2ccc3ccccc3c21. The van der Waals surface area contributed by atoms with Crippen molar-refractivity contribution in [2.75, 3.05) is 0 Å². The van der Waals surface area contributed by atoms with E-state index < -0.39 is 0 Å². The standard InChI is InChI=1S/C52H37N4/c1-52(2)43-24-12-11-23-41(43)49-47-44(52)25-14-26-46(47)56(49)55-45-30-28-37(32-42(45)40-29-27-33-15-9-10-22-39(33)48(40)55)36-20-13-21-38(31-36)54-50(34-16-5-3-6-17-34)53-51(54)35-18-7-4-8-19-35/h3-32,50H,1-2H3/q+1/p+1. The zero-order valence-electron chi connectivity index (χ0n) is 31.2. The van der Waals surface area contributed by atoms with Crippen molar-refractivity contribution >= 4 is 49.8 Å². The lowest BCUT2D eigenvalue weighted by atomic mass is 9.70. The van der Waals surface area contributed by atoms with Crippen LogP contribution in [-0.2, 0) is 5.41 Å². The van der Waals surface area contributed by atoms with Crippen LogP contribution in [0.25, 0.3) is 49.4 Å². The third-order valence-corrected chi connectivity index (χ3v) is 12.5. The Labute approximate surface area is 324 Å². The molecule has 0 saturated heterocycles. The molecule has 1 aromatic heterocycles. The van der Waals surface area contributed by atoms with Crippen LogP contribution in [0, 0.1) is 0 Å². The molecule has 4 nitrogen and oxygen atoms in total. The quantitative estimate of drug-likeness (QED) is 0.176. The van der Waals surface area contributed by atoms with E-state index in [4.69, 9.17) is 0 Å². The molecule has 12 rings (SSSR count). The van der Waals surface area contributed by atoms with E-state index >= 15 is 0 Å². The van der Waals surface area contributed by atoms with Crippen LogP contribution in [0.2, 0.25) is 0 Å². The lowest BCUT2D eigenvalue weighted by molar-refractivity contribution is -0.531. The molecule has 4 heteroatoms. The molecule has 0 saturated carbocycles. The highest BCUT2D eigenvalue weighted by Crippen LogP contribution is 2.42. The largest absolute Gasteiger partial charge is 0.289 e. The number of nitrogens with zero attached hydrogens (tertiary/aromatic N) is 3. The highest BCUT2D eigenvalue weighted by molar-refractivity contribution is 6.18. The van der Waals surface area contributed by atoms with Gasteiger partial charge in [-0.1, -0.05) is 152 Å².